The van der Waals surface area contributed by atoms with Crippen molar-refractivity contribution >= 4 is 5.91 Å². The van der Waals surface area contributed by atoms with Gasteiger partial charge < -0.3 is 9.64 Å². The normalized spacial score (nSPS) is 27.2. The molecule has 1 aliphatic carbocycles. The van der Waals surface area contributed by atoms with Gasteiger partial charge >= 0.3 is 0 Å². The van der Waals surface area contributed by atoms with Crippen LogP contribution < -0.4 is 0 Å². The Bertz CT molecular complexity index is 595. The van der Waals surface area contributed by atoms with Gasteiger partial charge in [-0.2, -0.15) is 0 Å². The number of morpholine rings is 1. The highest BCUT2D eigenvalue weighted by Crippen LogP contribution is 2.38. The first-order chi connectivity index (χ1) is 12.8. The third kappa shape index (κ3) is 3.52. The van der Waals surface area contributed by atoms with Crippen molar-refractivity contribution in [1.82, 2.24) is 14.8 Å². The Kier molecular flexibility index (Phi) is 5.55. The van der Waals surface area contributed by atoms with Crippen LogP contribution >= 0.6 is 0 Å². The zero-order valence-electron chi connectivity index (χ0n) is 15.7. The summed E-state index contributed by atoms with van der Waals surface area (Å²) < 4.78 is 5.96. The number of piperidine rings is 1. The predicted molar refractivity (Wildman–Crippen MR) is 101 cm³/mol. The lowest BCUT2D eigenvalue weighted by Gasteiger charge is -2.49. The van der Waals surface area contributed by atoms with Crippen LogP contribution in [0.15, 0.2) is 24.5 Å². The summed E-state index contributed by atoms with van der Waals surface area (Å²) in [6, 6.07) is 3.99. The number of carbonyl (C=O) groups is 1. The highest BCUT2D eigenvalue weighted by molar-refractivity contribution is 5.86. The monoisotopic (exact) mass is 357 g/mol. The molecule has 26 heavy (non-hydrogen) atoms. The molecule has 1 amide bonds. The molecule has 1 aromatic rings. The van der Waals surface area contributed by atoms with Gasteiger partial charge in [-0.15, -0.1) is 0 Å². The molecule has 0 aromatic carbocycles. The van der Waals surface area contributed by atoms with Crippen molar-refractivity contribution in [2.24, 2.45) is 0 Å². The van der Waals surface area contributed by atoms with Gasteiger partial charge in [0.25, 0.3) is 0 Å². The highest BCUT2D eigenvalue weighted by atomic mass is 16.5. The summed E-state index contributed by atoms with van der Waals surface area (Å²) in [6.07, 6.45) is 13.0. The third-order valence-electron chi connectivity index (χ3n) is 6.45. The van der Waals surface area contributed by atoms with E-state index in [-0.39, 0.29) is 11.6 Å². The number of ether oxygens (including phenoxy) is 1. The van der Waals surface area contributed by atoms with Gasteiger partial charge in [-0.05, 0) is 44.8 Å². The van der Waals surface area contributed by atoms with Gasteiger partial charge in [-0.1, -0.05) is 31.7 Å². The van der Waals surface area contributed by atoms with Gasteiger partial charge in [0.2, 0.25) is 5.91 Å². The summed E-state index contributed by atoms with van der Waals surface area (Å²) >= 11 is 0. The van der Waals surface area contributed by atoms with Crippen molar-refractivity contribution < 1.29 is 9.53 Å². The molecule has 142 valence electrons. The maximum Gasteiger partial charge on any atom is 0.243 e. The third-order valence-corrected chi connectivity index (χ3v) is 6.45. The number of hydrogen-bond acceptors (Lipinski definition) is 4. The van der Waals surface area contributed by atoms with Crippen molar-refractivity contribution in [2.45, 2.75) is 63.0 Å². The fourth-order valence-corrected chi connectivity index (χ4v) is 5.02. The predicted octanol–water partition coefficient (Wildman–Crippen LogP) is 3.17. The molecule has 0 spiro atoms. The zero-order chi connectivity index (χ0) is 17.8. The Morgan fingerprint density at radius 2 is 1.85 bits per heavy atom. The van der Waals surface area contributed by atoms with E-state index in [0.29, 0.717) is 25.6 Å². The Balaban J connectivity index is 1.53. The van der Waals surface area contributed by atoms with Crippen LogP contribution in [0.4, 0.5) is 0 Å². The van der Waals surface area contributed by atoms with Crippen LogP contribution in [0.2, 0.25) is 0 Å². The van der Waals surface area contributed by atoms with Crippen LogP contribution in [0.25, 0.3) is 0 Å². The molecule has 1 aromatic heterocycles. The summed E-state index contributed by atoms with van der Waals surface area (Å²) in [6.45, 7) is 4.15. The van der Waals surface area contributed by atoms with E-state index < -0.39 is 0 Å². The molecule has 5 heteroatoms. The molecule has 0 N–H and O–H groups in total. The van der Waals surface area contributed by atoms with Crippen LogP contribution in [-0.4, -0.2) is 59.0 Å². The Morgan fingerprint density at radius 3 is 2.58 bits per heavy atom. The largest absolute Gasteiger partial charge is 0.370 e. The Hall–Kier alpha value is -1.46. The van der Waals surface area contributed by atoms with Gasteiger partial charge in [0.05, 0.1) is 13.2 Å². The van der Waals surface area contributed by atoms with Gasteiger partial charge in [-0.25, -0.2) is 0 Å². The van der Waals surface area contributed by atoms with E-state index in [1.54, 1.807) is 6.20 Å². The minimum absolute atomic E-state index is 0.0524. The molecule has 1 saturated carbocycles. The number of amides is 1. The van der Waals surface area contributed by atoms with Crippen LogP contribution in [0.3, 0.4) is 0 Å². The van der Waals surface area contributed by atoms with E-state index in [2.05, 4.69) is 14.8 Å². The number of likely N-dealkylation sites (tertiary alicyclic amines) is 1. The van der Waals surface area contributed by atoms with Crippen LogP contribution in [0, 0.1) is 0 Å². The fraction of sp³-hybridized carbons (Fsp3) is 0.714. The number of aromatic nitrogens is 1. The molecule has 3 heterocycles. The first-order valence-electron chi connectivity index (χ1n) is 10.4. The zero-order valence-corrected chi connectivity index (χ0v) is 15.7. The lowest BCUT2D eigenvalue weighted by atomic mass is 9.78. The highest BCUT2D eigenvalue weighted by Gasteiger charge is 2.47. The van der Waals surface area contributed by atoms with Crippen molar-refractivity contribution in [1.29, 1.82) is 0 Å². The molecule has 5 nitrogen and oxygen atoms in total. The Labute approximate surface area is 156 Å². The lowest BCUT2D eigenvalue weighted by molar-refractivity contribution is -0.156. The fourth-order valence-electron chi connectivity index (χ4n) is 5.02. The van der Waals surface area contributed by atoms with Gasteiger partial charge in [-0.3, -0.25) is 14.7 Å². The average molecular weight is 357 g/mol. The van der Waals surface area contributed by atoms with Gasteiger partial charge in [0.1, 0.15) is 11.6 Å². The first kappa shape index (κ1) is 17.9. The summed E-state index contributed by atoms with van der Waals surface area (Å²) in [5.74, 6) is 0.358. The second-order valence-electron chi connectivity index (χ2n) is 8.04. The average Bonchev–Trinajstić information content (AvgIpc) is 2.75. The molecular formula is C21H31N3O2. The Morgan fingerprint density at radius 1 is 1.08 bits per heavy atom. The summed E-state index contributed by atoms with van der Waals surface area (Å²) in [5.41, 5.74) is 0.816. The van der Waals surface area contributed by atoms with E-state index in [4.69, 9.17) is 4.74 Å². The van der Waals surface area contributed by atoms with Crippen LogP contribution in [0.5, 0.6) is 0 Å². The van der Waals surface area contributed by atoms with E-state index >= 15 is 0 Å². The second-order valence-corrected chi connectivity index (χ2v) is 8.04. The standard InChI is InChI=1S/C21H31N3O2/c25-20(21(9-3-1-4-10-21)24-12-5-2-6-13-24)23-14-15-26-19(17-23)18-8-7-11-22-16-18/h7-8,11,16,19H,1-6,9-10,12-15,17H2. The molecule has 2 aliphatic heterocycles. The number of rotatable bonds is 3. The number of nitrogens with zero attached hydrogens (tertiary/aromatic N) is 3. The second kappa shape index (κ2) is 8.05. The van der Waals surface area contributed by atoms with Crippen molar-refractivity contribution in [3.05, 3.63) is 30.1 Å². The quantitative estimate of drug-likeness (QED) is 0.834. The summed E-state index contributed by atoms with van der Waals surface area (Å²) in [4.78, 5) is 22.6. The topological polar surface area (TPSA) is 45.7 Å². The number of hydrogen-bond donors (Lipinski definition) is 0. The SMILES string of the molecule is O=C(N1CCOC(c2cccnc2)C1)C1(N2CCCCC2)CCCCC1. The van der Waals surface area contributed by atoms with E-state index in [9.17, 15) is 4.79 Å². The molecule has 4 rings (SSSR count). The molecule has 0 radical (unpaired) electrons. The molecule has 2 saturated heterocycles. The molecule has 3 fully saturated rings. The van der Waals surface area contributed by atoms with E-state index in [1.165, 1.54) is 38.5 Å². The number of pyridine rings is 1. The lowest BCUT2D eigenvalue weighted by Crippen LogP contribution is -2.63. The van der Waals surface area contributed by atoms with Crippen molar-refractivity contribution in [3.8, 4) is 0 Å². The van der Waals surface area contributed by atoms with Gasteiger partial charge in [0.15, 0.2) is 0 Å². The van der Waals surface area contributed by atoms with E-state index in [1.807, 2.05) is 18.3 Å². The molecule has 0 bridgehead atoms. The van der Waals surface area contributed by atoms with Gasteiger partial charge in [0, 0.05) is 24.5 Å². The first-order valence-corrected chi connectivity index (χ1v) is 10.4. The maximum absolute atomic E-state index is 13.8. The van der Waals surface area contributed by atoms with E-state index in [0.717, 1.165) is 31.5 Å². The maximum atomic E-state index is 13.8. The molecule has 1 atom stereocenters. The summed E-state index contributed by atoms with van der Waals surface area (Å²) in [7, 11) is 0. The van der Waals surface area contributed by atoms with Crippen molar-refractivity contribution in [3.63, 3.8) is 0 Å². The minimum Gasteiger partial charge on any atom is -0.370 e. The number of carbonyl (C=O) groups excluding carboxylic acids is 1. The molecular weight excluding hydrogens is 326 g/mol. The minimum atomic E-state index is -0.254. The smallest absolute Gasteiger partial charge is 0.243 e. The molecule has 1 unspecified atom stereocenters. The van der Waals surface area contributed by atoms with Crippen LogP contribution in [0.1, 0.15) is 63.0 Å². The van der Waals surface area contributed by atoms with Crippen LogP contribution in [-0.2, 0) is 9.53 Å². The summed E-state index contributed by atoms with van der Waals surface area (Å²) in [5, 5.41) is 0. The molecule has 3 aliphatic rings. The van der Waals surface area contributed by atoms with Crippen molar-refractivity contribution in [2.75, 3.05) is 32.8 Å².